The zero-order chi connectivity index (χ0) is 12.8. The maximum absolute atomic E-state index is 11.4. The van der Waals surface area contributed by atoms with Crippen molar-refractivity contribution in [2.45, 2.75) is 32.7 Å². The molecule has 5 N–H and O–H groups in total. The first kappa shape index (κ1) is 14.9. The number of urea groups is 1. The lowest BCUT2D eigenvalue weighted by Gasteiger charge is -2.36. The van der Waals surface area contributed by atoms with Gasteiger partial charge in [-0.1, -0.05) is 6.92 Å². The highest BCUT2D eigenvalue weighted by Gasteiger charge is 2.26. The number of rotatable bonds is 6. The van der Waals surface area contributed by atoms with Gasteiger partial charge < -0.3 is 11.5 Å². The summed E-state index contributed by atoms with van der Waals surface area (Å²) in [4.78, 5) is 23.9. The summed E-state index contributed by atoms with van der Waals surface area (Å²) in [7, 11) is 0. The van der Waals surface area contributed by atoms with Crippen molar-refractivity contribution < 1.29 is 9.59 Å². The number of primary amides is 1. The molecule has 0 saturated heterocycles. The van der Waals surface area contributed by atoms with Crippen LogP contribution in [0.2, 0.25) is 0 Å². The van der Waals surface area contributed by atoms with Gasteiger partial charge in [0.05, 0.1) is 6.54 Å². The van der Waals surface area contributed by atoms with Gasteiger partial charge in [-0.15, -0.1) is 0 Å². The Bertz CT molecular complexity index is 253. The minimum absolute atomic E-state index is 0.126. The maximum atomic E-state index is 11.4. The largest absolute Gasteiger partial charge is 0.351 e. The standard InChI is InChI=1S/C10H22N4O2/c1-4-5-14(10(2,3)7-11)6-8(15)13-9(12)16/h4-7,11H2,1-3H3,(H3,12,13,15,16). The van der Waals surface area contributed by atoms with E-state index in [1.54, 1.807) is 0 Å². The van der Waals surface area contributed by atoms with Crippen molar-refractivity contribution in [3.63, 3.8) is 0 Å². The molecule has 0 aliphatic heterocycles. The van der Waals surface area contributed by atoms with Gasteiger partial charge in [-0.05, 0) is 26.8 Å². The van der Waals surface area contributed by atoms with Crippen LogP contribution in [-0.2, 0) is 4.79 Å². The molecule has 0 unspecified atom stereocenters. The van der Waals surface area contributed by atoms with E-state index < -0.39 is 11.9 Å². The predicted molar refractivity (Wildman–Crippen MR) is 62.7 cm³/mol. The molecule has 6 nitrogen and oxygen atoms in total. The second kappa shape index (κ2) is 6.44. The number of amides is 3. The number of nitrogens with two attached hydrogens (primary N) is 2. The molecule has 0 aromatic rings. The second-order valence-corrected chi connectivity index (χ2v) is 4.35. The highest BCUT2D eigenvalue weighted by molar-refractivity contribution is 5.94. The SMILES string of the molecule is CCCN(CC(=O)NC(N)=O)C(C)(C)CN. The monoisotopic (exact) mass is 230 g/mol. The number of imide groups is 1. The summed E-state index contributed by atoms with van der Waals surface area (Å²) in [6.07, 6.45) is 0.910. The van der Waals surface area contributed by atoms with E-state index in [0.29, 0.717) is 6.54 Å². The zero-order valence-electron chi connectivity index (χ0n) is 10.2. The van der Waals surface area contributed by atoms with E-state index in [-0.39, 0.29) is 12.1 Å². The van der Waals surface area contributed by atoms with Crippen LogP contribution in [0.4, 0.5) is 4.79 Å². The number of carbonyl (C=O) groups excluding carboxylic acids is 2. The fourth-order valence-corrected chi connectivity index (χ4v) is 1.35. The number of hydrogen-bond donors (Lipinski definition) is 3. The number of hydrogen-bond acceptors (Lipinski definition) is 4. The Morgan fingerprint density at radius 2 is 1.94 bits per heavy atom. The van der Waals surface area contributed by atoms with Crippen LogP contribution in [0, 0.1) is 0 Å². The lowest BCUT2D eigenvalue weighted by molar-refractivity contribution is -0.122. The summed E-state index contributed by atoms with van der Waals surface area (Å²) in [6, 6.07) is -0.827. The molecule has 6 heteroatoms. The van der Waals surface area contributed by atoms with E-state index in [0.717, 1.165) is 13.0 Å². The fraction of sp³-hybridized carbons (Fsp3) is 0.800. The van der Waals surface area contributed by atoms with Crippen LogP contribution in [-0.4, -0.2) is 42.0 Å². The molecule has 0 aromatic heterocycles. The van der Waals surface area contributed by atoms with E-state index in [4.69, 9.17) is 11.5 Å². The van der Waals surface area contributed by atoms with Crippen LogP contribution in [0.25, 0.3) is 0 Å². The van der Waals surface area contributed by atoms with Crippen molar-refractivity contribution >= 4 is 11.9 Å². The second-order valence-electron chi connectivity index (χ2n) is 4.35. The fourth-order valence-electron chi connectivity index (χ4n) is 1.35. The molecule has 0 aliphatic rings. The van der Waals surface area contributed by atoms with Gasteiger partial charge in [-0.2, -0.15) is 0 Å². The Labute approximate surface area is 96.3 Å². The van der Waals surface area contributed by atoms with Crippen LogP contribution in [0.5, 0.6) is 0 Å². The van der Waals surface area contributed by atoms with E-state index in [1.807, 2.05) is 31.0 Å². The third kappa shape index (κ3) is 5.09. The van der Waals surface area contributed by atoms with Gasteiger partial charge >= 0.3 is 6.03 Å². The number of nitrogens with one attached hydrogen (secondary N) is 1. The van der Waals surface area contributed by atoms with Gasteiger partial charge in [0.25, 0.3) is 0 Å². The molecule has 0 rings (SSSR count). The summed E-state index contributed by atoms with van der Waals surface area (Å²) in [5.74, 6) is -0.400. The van der Waals surface area contributed by atoms with Crippen molar-refractivity contribution in [2.75, 3.05) is 19.6 Å². The van der Waals surface area contributed by atoms with Gasteiger partial charge in [0.1, 0.15) is 0 Å². The van der Waals surface area contributed by atoms with Crippen LogP contribution in [0.1, 0.15) is 27.2 Å². The molecule has 0 aliphatic carbocycles. The zero-order valence-corrected chi connectivity index (χ0v) is 10.2. The van der Waals surface area contributed by atoms with Crippen LogP contribution in [0.15, 0.2) is 0 Å². The topological polar surface area (TPSA) is 101 Å². The Balaban J connectivity index is 4.44. The van der Waals surface area contributed by atoms with Gasteiger partial charge in [0.2, 0.25) is 5.91 Å². The molecular formula is C10H22N4O2. The van der Waals surface area contributed by atoms with E-state index >= 15 is 0 Å². The van der Waals surface area contributed by atoms with Gasteiger partial charge in [0.15, 0.2) is 0 Å². The number of nitrogens with zero attached hydrogens (tertiary/aromatic N) is 1. The maximum Gasteiger partial charge on any atom is 0.318 e. The van der Waals surface area contributed by atoms with E-state index in [1.165, 1.54) is 0 Å². The first-order valence-corrected chi connectivity index (χ1v) is 5.38. The Morgan fingerprint density at radius 3 is 2.31 bits per heavy atom. The average molecular weight is 230 g/mol. The van der Waals surface area contributed by atoms with Crippen molar-refractivity contribution in [3.8, 4) is 0 Å². The van der Waals surface area contributed by atoms with Gasteiger partial charge in [-0.3, -0.25) is 15.0 Å². The quantitative estimate of drug-likeness (QED) is 0.579. The lowest BCUT2D eigenvalue weighted by atomic mass is 10.0. The Hall–Kier alpha value is -1.14. The molecule has 94 valence electrons. The first-order valence-electron chi connectivity index (χ1n) is 5.38. The molecule has 0 atom stereocenters. The van der Waals surface area contributed by atoms with E-state index in [9.17, 15) is 9.59 Å². The van der Waals surface area contributed by atoms with Crippen molar-refractivity contribution in [3.05, 3.63) is 0 Å². The smallest absolute Gasteiger partial charge is 0.318 e. The van der Waals surface area contributed by atoms with Crippen LogP contribution in [0.3, 0.4) is 0 Å². The molecule has 0 spiro atoms. The minimum Gasteiger partial charge on any atom is -0.351 e. The lowest BCUT2D eigenvalue weighted by Crippen LogP contribution is -2.54. The predicted octanol–water partition coefficient (Wildman–Crippen LogP) is -0.369. The third-order valence-corrected chi connectivity index (χ3v) is 2.45. The summed E-state index contributed by atoms with van der Waals surface area (Å²) in [6.45, 7) is 7.25. The molecule has 0 bridgehead atoms. The molecular weight excluding hydrogens is 208 g/mol. The minimum atomic E-state index is -0.827. The van der Waals surface area contributed by atoms with Crippen LogP contribution < -0.4 is 16.8 Å². The summed E-state index contributed by atoms with van der Waals surface area (Å²) in [5.41, 5.74) is 10.2. The Kier molecular flexibility index (Phi) is 5.98. The normalized spacial score (nSPS) is 11.6. The highest BCUT2D eigenvalue weighted by Crippen LogP contribution is 2.12. The highest BCUT2D eigenvalue weighted by atomic mass is 16.2. The number of carbonyl (C=O) groups is 2. The first-order chi connectivity index (χ1) is 7.33. The van der Waals surface area contributed by atoms with Crippen molar-refractivity contribution in [1.82, 2.24) is 10.2 Å². The van der Waals surface area contributed by atoms with Crippen molar-refractivity contribution in [2.24, 2.45) is 11.5 Å². The molecule has 0 heterocycles. The molecule has 16 heavy (non-hydrogen) atoms. The average Bonchev–Trinajstić information content (AvgIpc) is 2.16. The third-order valence-electron chi connectivity index (χ3n) is 2.45. The van der Waals surface area contributed by atoms with Gasteiger partial charge in [-0.25, -0.2) is 4.79 Å². The Morgan fingerprint density at radius 1 is 1.38 bits per heavy atom. The molecule has 0 saturated carbocycles. The summed E-state index contributed by atoms with van der Waals surface area (Å²) in [5, 5.41) is 2.05. The molecule has 0 fully saturated rings. The van der Waals surface area contributed by atoms with E-state index in [2.05, 4.69) is 0 Å². The molecule has 3 amide bonds. The van der Waals surface area contributed by atoms with Crippen molar-refractivity contribution in [1.29, 1.82) is 0 Å². The molecule has 0 radical (unpaired) electrons. The van der Waals surface area contributed by atoms with Crippen LogP contribution >= 0.6 is 0 Å². The van der Waals surface area contributed by atoms with Gasteiger partial charge in [0, 0.05) is 12.1 Å². The summed E-state index contributed by atoms with van der Waals surface area (Å²) < 4.78 is 0. The summed E-state index contributed by atoms with van der Waals surface area (Å²) >= 11 is 0. The molecule has 0 aromatic carbocycles.